The number of rotatable bonds is 3. The average molecular weight is 290 g/mol. The first kappa shape index (κ1) is 15.8. The molecule has 1 saturated carbocycles. The normalized spacial score (nSPS) is 21.0. The molecule has 0 unspecified atom stereocenters. The maximum absolute atomic E-state index is 12.2. The van der Waals surface area contributed by atoms with E-state index >= 15 is 0 Å². The zero-order chi connectivity index (χ0) is 15.7. The minimum absolute atomic E-state index is 0.0112. The minimum atomic E-state index is -0.0394. The summed E-state index contributed by atoms with van der Waals surface area (Å²) < 4.78 is 1.73. The Labute approximate surface area is 126 Å². The molecule has 1 heterocycles. The van der Waals surface area contributed by atoms with Crippen molar-refractivity contribution in [2.75, 3.05) is 0 Å². The summed E-state index contributed by atoms with van der Waals surface area (Å²) in [6.45, 7) is 9.35. The Morgan fingerprint density at radius 3 is 2.24 bits per heavy atom. The Morgan fingerprint density at radius 1 is 1.19 bits per heavy atom. The van der Waals surface area contributed by atoms with Crippen molar-refractivity contribution < 1.29 is 4.79 Å². The standard InChI is InChI=1S/C17H26N2O2/c1-16(2)9-13(10-17(3,4)12-16)18-15(21)11-19-7-5-14(20)6-8-19/h5-8,13H,9-12H2,1-4H3,(H,18,21). The summed E-state index contributed by atoms with van der Waals surface area (Å²) in [5, 5.41) is 3.16. The van der Waals surface area contributed by atoms with Gasteiger partial charge in [-0.1, -0.05) is 27.7 Å². The Bertz CT molecular complexity index is 536. The van der Waals surface area contributed by atoms with Crippen molar-refractivity contribution in [1.29, 1.82) is 0 Å². The van der Waals surface area contributed by atoms with Gasteiger partial charge in [-0.05, 0) is 30.1 Å². The summed E-state index contributed by atoms with van der Waals surface area (Å²) in [5.41, 5.74) is 0.483. The third-order valence-electron chi connectivity index (χ3n) is 4.11. The summed E-state index contributed by atoms with van der Waals surface area (Å²) >= 11 is 0. The Morgan fingerprint density at radius 2 is 1.71 bits per heavy atom. The van der Waals surface area contributed by atoms with Crippen LogP contribution >= 0.6 is 0 Å². The minimum Gasteiger partial charge on any atom is -0.352 e. The molecular weight excluding hydrogens is 264 g/mol. The molecule has 0 aromatic carbocycles. The molecule has 0 bridgehead atoms. The zero-order valence-corrected chi connectivity index (χ0v) is 13.5. The van der Waals surface area contributed by atoms with Crippen LogP contribution in [0.2, 0.25) is 0 Å². The van der Waals surface area contributed by atoms with Crippen LogP contribution < -0.4 is 10.7 Å². The number of nitrogens with one attached hydrogen (secondary N) is 1. The van der Waals surface area contributed by atoms with Gasteiger partial charge in [0.2, 0.25) is 5.91 Å². The monoisotopic (exact) mass is 290 g/mol. The molecule has 1 aromatic rings. The van der Waals surface area contributed by atoms with Crippen LogP contribution in [-0.4, -0.2) is 16.5 Å². The van der Waals surface area contributed by atoms with Gasteiger partial charge in [0.15, 0.2) is 5.43 Å². The van der Waals surface area contributed by atoms with Crippen molar-refractivity contribution in [2.24, 2.45) is 10.8 Å². The summed E-state index contributed by atoms with van der Waals surface area (Å²) in [6.07, 6.45) is 6.53. The number of nitrogens with zero attached hydrogens (tertiary/aromatic N) is 1. The van der Waals surface area contributed by atoms with E-state index in [-0.39, 0.29) is 34.8 Å². The molecule has 0 spiro atoms. The van der Waals surface area contributed by atoms with E-state index < -0.39 is 0 Å². The van der Waals surface area contributed by atoms with E-state index in [2.05, 4.69) is 33.0 Å². The van der Waals surface area contributed by atoms with Crippen molar-refractivity contribution in [3.05, 3.63) is 34.7 Å². The molecule has 0 aliphatic heterocycles. The van der Waals surface area contributed by atoms with Crippen LogP contribution in [0, 0.1) is 10.8 Å². The largest absolute Gasteiger partial charge is 0.352 e. The van der Waals surface area contributed by atoms with E-state index in [1.807, 2.05) is 0 Å². The second-order valence-corrected chi connectivity index (χ2v) is 7.88. The molecule has 4 heteroatoms. The highest BCUT2D eigenvalue weighted by Crippen LogP contribution is 2.45. The van der Waals surface area contributed by atoms with E-state index in [0.717, 1.165) is 12.8 Å². The highest BCUT2D eigenvalue weighted by molar-refractivity contribution is 5.76. The van der Waals surface area contributed by atoms with Gasteiger partial charge < -0.3 is 9.88 Å². The second-order valence-electron chi connectivity index (χ2n) is 7.88. The van der Waals surface area contributed by atoms with Gasteiger partial charge in [0.1, 0.15) is 6.54 Å². The summed E-state index contributed by atoms with van der Waals surface area (Å²) in [4.78, 5) is 23.2. The fourth-order valence-electron chi connectivity index (χ4n) is 3.94. The molecule has 1 amide bonds. The maximum atomic E-state index is 12.2. The molecule has 1 aliphatic carbocycles. The Hall–Kier alpha value is -1.58. The van der Waals surface area contributed by atoms with Crippen molar-refractivity contribution in [3.8, 4) is 0 Å². The quantitative estimate of drug-likeness (QED) is 0.930. The number of carbonyl (C=O) groups is 1. The molecule has 21 heavy (non-hydrogen) atoms. The summed E-state index contributed by atoms with van der Waals surface area (Å²) in [5.74, 6) is 0.0112. The highest BCUT2D eigenvalue weighted by Gasteiger charge is 2.38. The topological polar surface area (TPSA) is 51.1 Å². The molecule has 1 aromatic heterocycles. The fraction of sp³-hybridized carbons (Fsp3) is 0.647. The van der Waals surface area contributed by atoms with E-state index in [9.17, 15) is 9.59 Å². The lowest BCUT2D eigenvalue weighted by Crippen LogP contribution is -2.46. The van der Waals surface area contributed by atoms with Crippen LogP contribution in [0.4, 0.5) is 0 Å². The lowest BCUT2D eigenvalue weighted by molar-refractivity contribution is -0.123. The molecule has 0 radical (unpaired) electrons. The smallest absolute Gasteiger partial charge is 0.240 e. The lowest BCUT2D eigenvalue weighted by atomic mass is 9.63. The second kappa shape index (κ2) is 5.66. The van der Waals surface area contributed by atoms with Crippen LogP contribution in [0.15, 0.2) is 29.3 Å². The van der Waals surface area contributed by atoms with Gasteiger partial charge in [-0.15, -0.1) is 0 Å². The van der Waals surface area contributed by atoms with Crippen LogP contribution in [-0.2, 0) is 11.3 Å². The maximum Gasteiger partial charge on any atom is 0.240 e. The highest BCUT2D eigenvalue weighted by atomic mass is 16.2. The van der Waals surface area contributed by atoms with Gasteiger partial charge in [0.25, 0.3) is 0 Å². The van der Waals surface area contributed by atoms with Crippen molar-refractivity contribution in [2.45, 2.75) is 59.5 Å². The van der Waals surface area contributed by atoms with E-state index in [1.54, 1.807) is 17.0 Å². The number of carbonyl (C=O) groups excluding carboxylic acids is 1. The first-order chi connectivity index (χ1) is 9.65. The van der Waals surface area contributed by atoms with Crippen LogP contribution in [0.3, 0.4) is 0 Å². The number of aromatic nitrogens is 1. The number of pyridine rings is 1. The zero-order valence-electron chi connectivity index (χ0n) is 13.5. The van der Waals surface area contributed by atoms with Gasteiger partial charge in [-0.2, -0.15) is 0 Å². The Kier molecular flexibility index (Phi) is 4.26. The molecular formula is C17H26N2O2. The average Bonchev–Trinajstić information content (AvgIpc) is 2.27. The number of hydrogen-bond acceptors (Lipinski definition) is 2. The summed E-state index contributed by atoms with van der Waals surface area (Å²) in [7, 11) is 0. The van der Waals surface area contributed by atoms with Gasteiger partial charge >= 0.3 is 0 Å². The molecule has 0 atom stereocenters. The Balaban J connectivity index is 1.96. The molecule has 1 fully saturated rings. The number of hydrogen-bond donors (Lipinski definition) is 1. The van der Waals surface area contributed by atoms with Crippen LogP contribution in [0.25, 0.3) is 0 Å². The van der Waals surface area contributed by atoms with E-state index in [1.165, 1.54) is 18.6 Å². The van der Waals surface area contributed by atoms with Gasteiger partial charge in [-0.3, -0.25) is 9.59 Å². The molecule has 1 N–H and O–H groups in total. The van der Waals surface area contributed by atoms with Crippen molar-refractivity contribution in [1.82, 2.24) is 9.88 Å². The van der Waals surface area contributed by atoms with Gasteiger partial charge in [0.05, 0.1) is 0 Å². The molecule has 2 rings (SSSR count). The van der Waals surface area contributed by atoms with Gasteiger partial charge in [-0.25, -0.2) is 0 Å². The first-order valence-corrected chi connectivity index (χ1v) is 7.61. The third-order valence-corrected chi connectivity index (χ3v) is 4.11. The first-order valence-electron chi connectivity index (χ1n) is 7.61. The molecule has 4 nitrogen and oxygen atoms in total. The molecule has 116 valence electrons. The van der Waals surface area contributed by atoms with Gasteiger partial charge in [0, 0.05) is 30.6 Å². The van der Waals surface area contributed by atoms with Crippen LogP contribution in [0.5, 0.6) is 0 Å². The van der Waals surface area contributed by atoms with E-state index in [4.69, 9.17) is 0 Å². The van der Waals surface area contributed by atoms with E-state index in [0.29, 0.717) is 0 Å². The fourth-order valence-corrected chi connectivity index (χ4v) is 3.94. The van der Waals surface area contributed by atoms with Crippen LogP contribution in [0.1, 0.15) is 47.0 Å². The predicted molar refractivity (Wildman–Crippen MR) is 84.0 cm³/mol. The lowest BCUT2D eigenvalue weighted by Gasteiger charge is -2.45. The van der Waals surface area contributed by atoms with Crippen molar-refractivity contribution >= 4 is 5.91 Å². The van der Waals surface area contributed by atoms with Crippen molar-refractivity contribution in [3.63, 3.8) is 0 Å². The summed E-state index contributed by atoms with van der Waals surface area (Å²) in [6, 6.07) is 3.18. The SMILES string of the molecule is CC1(C)CC(NC(=O)Cn2ccc(=O)cc2)CC(C)(C)C1. The molecule has 1 aliphatic rings. The number of amides is 1. The third kappa shape index (κ3) is 4.73. The molecule has 0 saturated heterocycles. The predicted octanol–water partition coefficient (Wildman–Crippen LogP) is 2.57.